The van der Waals surface area contributed by atoms with E-state index in [1.54, 1.807) is 32.5 Å². The van der Waals surface area contributed by atoms with E-state index in [1.807, 2.05) is 91.5 Å². The fraction of sp³-hybridized carbons (Fsp3) is 0.485. The number of likely N-dealkylation sites (tertiary alicyclic amines) is 1. The lowest BCUT2D eigenvalue weighted by Crippen LogP contribution is -2.59. The Balaban J connectivity index is 0.656. The van der Waals surface area contributed by atoms with Crippen LogP contribution in [-0.4, -0.2) is 126 Å². The number of aliphatic hydroxyl groups is 1. The molecular weight excluding hydrogens is 1180 g/mol. The van der Waals surface area contributed by atoms with Crippen molar-refractivity contribution in [2.45, 2.75) is 168 Å². The summed E-state index contributed by atoms with van der Waals surface area (Å²) in [4.78, 5) is 85.6. The predicted octanol–water partition coefficient (Wildman–Crippen LogP) is 11.4. The minimum Gasteiger partial charge on any atom is -0.493 e. The molecule has 11 rings (SSSR count). The number of carbonyl (C=O) groups excluding carboxylic acids is 4. The quantitative estimate of drug-likeness (QED) is 0.0334. The number of carbonyl (C=O) groups is 5. The minimum absolute atomic E-state index is 0.0221. The van der Waals surface area contributed by atoms with E-state index in [2.05, 4.69) is 30.6 Å². The van der Waals surface area contributed by atoms with Crippen LogP contribution in [0.4, 0.5) is 15.3 Å². The van der Waals surface area contributed by atoms with Gasteiger partial charge in [0.05, 0.1) is 45.2 Å². The number of hydrogen-bond donors (Lipinski definition) is 5. The number of ether oxygens (including phenoxy) is 2. The molecule has 4 aromatic heterocycles. The van der Waals surface area contributed by atoms with E-state index in [-0.39, 0.29) is 49.4 Å². The van der Waals surface area contributed by atoms with Gasteiger partial charge in [0.25, 0.3) is 11.8 Å². The van der Waals surface area contributed by atoms with Gasteiger partial charge in [0.15, 0.2) is 16.5 Å². The fourth-order valence-corrected chi connectivity index (χ4v) is 14.6. The maximum atomic E-state index is 14.7. The molecule has 476 valence electrons. The highest BCUT2D eigenvalue weighted by atomic mass is 32.1. The number of nitrogens with one attached hydrogen (secondary N) is 3. The Hall–Kier alpha value is -7.66. The zero-order chi connectivity index (χ0) is 63.3. The second kappa shape index (κ2) is 27.4. The molecule has 0 bridgehead atoms. The highest BCUT2D eigenvalue weighted by molar-refractivity contribution is 7.22. The second-order valence-electron chi connectivity index (χ2n) is 25.9. The Morgan fingerprint density at radius 2 is 1.68 bits per heavy atom. The summed E-state index contributed by atoms with van der Waals surface area (Å²) in [7, 11) is 0. The third kappa shape index (κ3) is 14.6. The van der Waals surface area contributed by atoms with Crippen LogP contribution in [0, 0.1) is 24.7 Å². The van der Waals surface area contributed by atoms with E-state index in [1.165, 1.54) is 34.0 Å². The molecule has 2 aliphatic carbocycles. The number of unbranched alkanes of at least 4 members (excludes halogenated alkanes) is 2. The SMILES string of the molecule is Cc1ncsc1-c1ccc(CNC(=O)[C@@H]2C[C@@H](O)CN2C(=O)[C@@H](NC(=O)C2(F)CC2)C(C)(C)C)c(OCCCCCOCCCC2(Cn3ncc(-c4ccc(N5CCc6cccc(C(=O)Nc7nc8ccccc8s7)c6C5)nc4C(=O)O)c3C)CCCCC2)c1. The number of para-hydroxylation sites is 1. The summed E-state index contributed by atoms with van der Waals surface area (Å²) >= 11 is 2.96. The molecule has 3 fully saturated rings. The lowest BCUT2D eigenvalue weighted by molar-refractivity contribution is -0.145. The van der Waals surface area contributed by atoms with Gasteiger partial charge in [-0.15, -0.1) is 11.3 Å². The molecule has 3 atom stereocenters. The molecule has 0 spiro atoms. The van der Waals surface area contributed by atoms with Crippen LogP contribution in [0.5, 0.6) is 5.75 Å². The average Bonchev–Trinajstić information content (AvgIpc) is 1.35. The standard InChI is InChI=1S/C68H81FN10O9S2/c1-42-58(89-41-71-42)45-20-21-46(36-70-61(82)53-35-47(80)38-78(53)62(83)59(66(3,4)5)75-64(86)68(69)28-29-68)54(34-45)88-33-13-7-12-31-87-32-15-27-67(25-10-6-11-26-67)40-79-43(2)50(37-72-79)48-22-23-56(74-57(48)63(84)85)77-30-24-44-16-14-17-49(51(44)39-77)60(81)76-65-73-52-18-8-9-19-55(52)90-65/h8-9,14,16-23,34,37,41,47,53,59,80H,6-7,10-13,15,24-33,35-36,38-40H2,1-5H3,(H,70,82)(H,75,86)(H,84,85)(H,73,76,81)/t47-,53+,59-/m1/s1. The predicted molar refractivity (Wildman–Crippen MR) is 346 cm³/mol. The maximum Gasteiger partial charge on any atom is 0.355 e. The molecule has 19 nitrogen and oxygen atoms in total. The van der Waals surface area contributed by atoms with Crippen LogP contribution in [0.15, 0.2) is 84.5 Å². The van der Waals surface area contributed by atoms with Crippen LogP contribution in [0.25, 0.3) is 31.8 Å². The van der Waals surface area contributed by atoms with Crippen molar-refractivity contribution in [1.29, 1.82) is 0 Å². The van der Waals surface area contributed by atoms with Crippen molar-refractivity contribution >= 4 is 73.4 Å². The van der Waals surface area contributed by atoms with Crippen molar-refractivity contribution in [2.24, 2.45) is 10.8 Å². The molecular formula is C68H81FN10O9S2. The topological polar surface area (TPSA) is 243 Å². The molecule has 1 saturated heterocycles. The third-order valence-corrected chi connectivity index (χ3v) is 20.2. The highest BCUT2D eigenvalue weighted by Crippen LogP contribution is 2.44. The molecule has 22 heteroatoms. The van der Waals surface area contributed by atoms with Gasteiger partial charge in [0, 0.05) is 80.3 Å². The van der Waals surface area contributed by atoms with Gasteiger partial charge < -0.3 is 40.1 Å². The number of alkyl halides is 1. The first-order valence-electron chi connectivity index (χ1n) is 31.6. The number of β-amino-alcohol motifs (C(OH)–C–C–N with tert-alkyl or cyclic N) is 1. The number of aromatic nitrogens is 5. The molecule has 0 radical (unpaired) electrons. The van der Waals surface area contributed by atoms with Gasteiger partial charge >= 0.3 is 5.97 Å². The molecule has 2 saturated carbocycles. The Morgan fingerprint density at radius 1 is 0.889 bits per heavy atom. The van der Waals surface area contributed by atoms with Crippen LogP contribution in [-0.2, 0) is 45.2 Å². The summed E-state index contributed by atoms with van der Waals surface area (Å²) in [6.45, 7) is 12.7. The zero-order valence-corrected chi connectivity index (χ0v) is 53.6. The van der Waals surface area contributed by atoms with E-state index < -0.39 is 53.0 Å². The van der Waals surface area contributed by atoms with E-state index in [0.717, 1.165) is 119 Å². The first kappa shape index (κ1) is 63.9. The van der Waals surface area contributed by atoms with Gasteiger partial charge in [0.2, 0.25) is 11.8 Å². The van der Waals surface area contributed by atoms with E-state index in [9.17, 15) is 38.6 Å². The van der Waals surface area contributed by atoms with Gasteiger partial charge in [-0.3, -0.25) is 29.2 Å². The number of hydrogen-bond acceptors (Lipinski definition) is 15. The van der Waals surface area contributed by atoms with Crippen LogP contribution >= 0.6 is 22.7 Å². The summed E-state index contributed by atoms with van der Waals surface area (Å²) in [5, 5.41) is 35.4. The Kier molecular flexibility index (Phi) is 19.5. The second-order valence-corrected chi connectivity index (χ2v) is 27.7. The number of fused-ring (bicyclic) bond motifs is 2. The number of aryl methyl sites for hydroxylation is 1. The fourth-order valence-electron chi connectivity index (χ4n) is 13.0. The molecule has 0 unspecified atom stereocenters. The molecule has 90 heavy (non-hydrogen) atoms. The number of thiazole rings is 2. The van der Waals surface area contributed by atoms with Crippen LogP contribution in [0.3, 0.4) is 0 Å². The number of amides is 4. The van der Waals surface area contributed by atoms with Crippen molar-refractivity contribution in [2.75, 3.05) is 43.1 Å². The number of nitrogens with zero attached hydrogens (tertiary/aromatic N) is 7. The van der Waals surface area contributed by atoms with Crippen molar-refractivity contribution in [3.05, 3.63) is 124 Å². The molecule has 2 aliphatic heterocycles. The number of anilines is 2. The number of halogens is 1. The number of aromatic carboxylic acids is 1. The molecule has 4 amide bonds. The Morgan fingerprint density at radius 3 is 2.43 bits per heavy atom. The van der Waals surface area contributed by atoms with Crippen LogP contribution in [0.2, 0.25) is 0 Å². The monoisotopic (exact) mass is 1260 g/mol. The third-order valence-electron chi connectivity index (χ3n) is 18.3. The minimum atomic E-state index is -1.98. The average molecular weight is 1270 g/mol. The number of aliphatic hydroxyl groups excluding tert-OH is 1. The molecule has 7 aromatic rings. The molecule has 3 aromatic carbocycles. The van der Waals surface area contributed by atoms with Gasteiger partial charge in [0.1, 0.15) is 23.7 Å². The Labute approximate surface area is 532 Å². The van der Waals surface area contributed by atoms with Crippen LogP contribution in [0.1, 0.15) is 153 Å². The van der Waals surface area contributed by atoms with E-state index >= 15 is 0 Å². The van der Waals surface area contributed by atoms with Crippen molar-refractivity contribution in [3.63, 3.8) is 0 Å². The lowest BCUT2D eigenvalue weighted by Gasteiger charge is -2.38. The summed E-state index contributed by atoms with van der Waals surface area (Å²) < 4.78 is 30.5. The maximum absolute atomic E-state index is 14.7. The van der Waals surface area contributed by atoms with Gasteiger partial charge in [-0.25, -0.2) is 24.1 Å². The van der Waals surface area contributed by atoms with Crippen molar-refractivity contribution in [1.82, 2.24) is 40.3 Å². The van der Waals surface area contributed by atoms with E-state index in [0.29, 0.717) is 67.2 Å². The van der Waals surface area contributed by atoms with Crippen LogP contribution < -0.4 is 25.6 Å². The summed E-state index contributed by atoms with van der Waals surface area (Å²) in [6, 6.07) is 21.0. The van der Waals surface area contributed by atoms with Gasteiger partial charge in [-0.05, 0) is 142 Å². The summed E-state index contributed by atoms with van der Waals surface area (Å²) in [5.41, 5.74) is 7.06. The normalized spacial score (nSPS) is 18.0. The largest absolute Gasteiger partial charge is 0.493 e. The molecule has 6 heterocycles. The number of benzene rings is 3. The number of pyridine rings is 1. The van der Waals surface area contributed by atoms with Gasteiger partial charge in [-0.2, -0.15) is 5.10 Å². The van der Waals surface area contributed by atoms with E-state index in [4.69, 9.17) is 19.6 Å². The summed E-state index contributed by atoms with van der Waals surface area (Å²) in [6.07, 6.45) is 11.8. The number of carboxylic acid groups (broad SMARTS) is 1. The van der Waals surface area contributed by atoms with Gasteiger partial charge in [-0.1, -0.05) is 87.8 Å². The smallest absolute Gasteiger partial charge is 0.355 e. The number of rotatable bonds is 25. The van der Waals surface area contributed by atoms with Crippen molar-refractivity contribution < 1.29 is 48.0 Å². The molecule has 4 aliphatic rings. The molecule has 5 N–H and O–H groups in total. The first-order chi connectivity index (χ1) is 43.3. The number of carboxylic acids is 1. The zero-order valence-electron chi connectivity index (χ0n) is 51.9. The Bertz CT molecular complexity index is 3740. The lowest BCUT2D eigenvalue weighted by atomic mass is 9.71. The van der Waals surface area contributed by atoms with Crippen molar-refractivity contribution in [3.8, 4) is 27.3 Å². The first-order valence-corrected chi connectivity index (χ1v) is 33.3. The highest BCUT2D eigenvalue weighted by Gasteiger charge is 2.53. The summed E-state index contributed by atoms with van der Waals surface area (Å²) in [5.74, 6) is -2.05.